The van der Waals surface area contributed by atoms with Gasteiger partial charge >= 0.3 is 5.97 Å². The second-order valence-electron chi connectivity index (χ2n) is 5.69. The second-order valence-corrected chi connectivity index (χ2v) is 5.69. The number of carbonyl (C=O) groups excluding carboxylic acids is 2. The lowest BCUT2D eigenvalue weighted by Crippen LogP contribution is -2.57. The van der Waals surface area contributed by atoms with Crippen molar-refractivity contribution >= 4 is 23.3 Å². The molecule has 1 amide bonds. The van der Waals surface area contributed by atoms with Crippen LogP contribution in [-0.4, -0.2) is 38.6 Å². The van der Waals surface area contributed by atoms with E-state index in [2.05, 4.69) is 10.1 Å². The molecule has 2 heterocycles. The lowest BCUT2D eigenvalue weighted by atomic mass is 9.78. The van der Waals surface area contributed by atoms with E-state index in [4.69, 9.17) is 5.73 Å². The fraction of sp³-hybridized carbons (Fsp3) is 0.429. The van der Waals surface area contributed by atoms with Crippen LogP contribution in [0, 0.1) is 11.2 Å². The smallest absolute Gasteiger partial charge is 0.340 e. The topological polar surface area (TPSA) is 84.7 Å². The summed E-state index contributed by atoms with van der Waals surface area (Å²) in [5, 5.41) is 2.81. The van der Waals surface area contributed by atoms with Crippen LogP contribution in [0.15, 0.2) is 12.1 Å². The molecule has 1 aromatic rings. The first kappa shape index (κ1) is 13.7. The van der Waals surface area contributed by atoms with Gasteiger partial charge in [0.25, 0.3) is 0 Å². The minimum Gasteiger partial charge on any atom is -0.465 e. The number of ether oxygens (including phenoxy) is 1. The maximum atomic E-state index is 14.0. The Bertz CT molecular complexity index is 626. The van der Waals surface area contributed by atoms with E-state index in [0.717, 1.165) is 0 Å². The Morgan fingerprint density at radius 3 is 2.76 bits per heavy atom. The molecule has 1 aromatic carbocycles. The van der Waals surface area contributed by atoms with Crippen LogP contribution in [0.2, 0.25) is 0 Å². The number of carbonyl (C=O) groups is 2. The van der Waals surface area contributed by atoms with Crippen molar-refractivity contribution in [3.63, 3.8) is 0 Å². The first-order chi connectivity index (χ1) is 9.94. The number of nitrogens with zero attached hydrogens (tertiary/aromatic N) is 1. The number of nitrogens with one attached hydrogen (secondary N) is 1. The zero-order valence-corrected chi connectivity index (χ0v) is 11.6. The van der Waals surface area contributed by atoms with Crippen molar-refractivity contribution in [2.75, 3.05) is 37.4 Å². The van der Waals surface area contributed by atoms with Gasteiger partial charge < -0.3 is 20.7 Å². The molecule has 7 heteroatoms. The SMILES string of the molecule is COC(=O)c1cc(N)c(N2CC3(CNC(=O)C3)C2)cc1F. The van der Waals surface area contributed by atoms with E-state index in [1.165, 1.54) is 19.2 Å². The molecular formula is C14H16FN3O3. The number of nitrogens with two attached hydrogens (primary N) is 1. The quantitative estimate of drug-likeness (QED) is 0.613. The van der Waals surface area contributed by atoms with Gasteiger partial charge in [0.2, 0.25) is 5.91 Å². The van der Waals surface area contributed by atoms with Crippen molar-refractivity contribution in [3.05, 3.63) is 23.5 Å². The van der Waals surface area contributed by atoms with E-state index >= 15 is 0 Å². The molecule has 21 heavy (non-hydrogen) atoms. The molecule has 2 aliphatic rings. The normalized spacial score (nSPS) is 19.3. The third-order valence-corrected chi connectivity index (χ3v) is 4.11. The fourth-order valence-electron chi connectivity index (χ4n) is 3.03. The van der Waals surface area contributed by atoms with Gasteiger partial charge in [-0.3, -0.25) is 4.79 Å². The number of nitrogen functional groups attached to an aromatic ring is 1. The molecule has 0 radical (unpaired) electrons. The zero-order valence-electron chi connectivity index (χ0n) is 11.6. The lowest BCUT2D eigenvalue weighted by molar-refractivity contribution is -0.119. The van der Waals surface area contributed by atoms with E-state index in [1.54, 1.807) is 0 Å². The van der Waals surface area contributed by atoms with Gasteiger partial charge in [0.05, 0.1) is 24.0 Å². The zero-order chi connectivity index (χ0) is 15.2. The van der Waals surface area contributed by atoms with Crippen LogP contribution in [0.25, 0.3) is 0 Å². The molecule has 2 fully saturated rings. The van der Waals surface area contributed by atoms with Crippen molar-refractivity contribution in [3.8, 4) is 0 Å². The van der Waals surface area contributed by atoms with Gasteiger partial charge in [0, 0.05) is 37.5 Å². The molecular weight excluding hydrogens is 277 g/mol. The van der Waals surface area contributed by atoms with Gasteiger partial charge in [-0.1, -0.05) is 0 Å². The lowest BCUT2D eigenvalue weighted by Gasteiger charge is -2.48. The summed E-state index contributed by atoms with van der Waals surface area (Å²) < 4.78 is 18.5. The number of benzene rings is 1. The van der Waals surface area contributed by atoms with Gasteiger partial charge in [-0.15, -0.1) is 0 Å². The predicted molar refractivity (Wildman–Crippen MR) is 74.4 cm³/mol. The summed E-state index contributed by atoms with van der Waals surface area (Å²) in [6.07, 6.45) is 0.492. The average Bonchev–Trinajstić information content (AvgIpc) is 2.81. The van der Waals surface area contributed by atoms with Gasteiger partial charge in [-0.2, -0.15) is 0 Å². The number of anilines is 2. The highest BCUT2D eigenvalue weighted by molar-refractivity contribution is 5.92. The van der Waals surface area contributed by atoms with E-state index in [-0.39, 0.29) is 16.9 Å². The van der Waals surface area contributed by atoms with E-state index in [0.29, 0.717) is 37.4 Å². The monoisotopic (exact) mass is 293 g/mol. The predicted octanol–water partition coefficient (Wildman–Crippen LogP) is 0.521. The van der Waals surface area contributed by atoms with E-state index in [1.807, 2.05) is 4.90 Å². The summed E-state index contributed by atoms with van der Waals surface area (Å²) >= 11 is 0. The molecule has 6 nitrogen and oxygen atoms in total. The molecule has 0 aromatic heterocycles. The molecule has 2 aliphatic heterocycles. The third-order valence-electron chi connectivity index (χ3n) is 4.11. The number of hydrogen-bond donors (Lipinski definition) is 2. The molecule has 0 saturated carbocycles. The van der Waals surface area contributed by atoms with E-state index < -0.39 is 11.8 Å². The largest absolute Gasteiger partial charge is 0.465 e. The third kappa shape index (κ3) is 2.18. The summed E-state index contributed by atoms with van der Waals surface area (Å²) in [7, 11) is 1.19. The molecule has 3 rings (SSSR count). The second kappa shape index (κ2) is 4.61. The molecule has 0 aliphatic carbocycles. The molecule has 1 spiro atoms. The first-order valence-corrected chi connectivity index (χ1v) is 6.63. The number of amides is 1. The van der Waals surface area contributed by atoms with Crippen LogP contribution in [-0.2, 0) is 9.53 Å². The summed E-state index contributed by atoms with van der Waals surface area (Å²) in [6.45, 7) is 1.94. The Kier molecular flexibility index (Phi) is 3.00. The standard InChI is InChI=1S/C14H16FN3O3/c1-21-13(20)8-2-10(16)11(3-9(8)15)18-6-14(7-18)4-12(19)17-5-14/h2-3H,4-7,16H2,1H3,(H,17,19). The Morgan fingerprint density at radius 2 is 2.19 bits per heavy atom. The number of rotatable bonds is 2. The molecule has 2 saturated heterocycles. The van der Waals surface area contributed by atoms with Crippen molar-refractivity contribution in [2.45, 2.75) is 6.42 Å². The minimum absolute atomic E-state index is 0.0508. The van der Waals surface area contributed by atoms with Crippen LogP contribution >= 0.6 is 0 Å². The molecule has 0 atom stereocenters. The van der Waals surface area contributed by atoms with Crippen LogP contribution < -0.4 is 16.0 Å². The summed E-state index contributed by atoms with van der Waals surface area (Å²) in [5.74, 6) is -1.36. The van der Waals surface area contributed by atoms with Gasteiger partial charge in [0.1, 0.15) is 5.82 Å². The highest BCUT2D eigenvalue weighted by Crippen LogP contribution is 2.41. The number of hydrogen-bond acceptors (Lipinski definition) is 5. The van der Waals surface area contributed by atoms with E-state index in [9.17, 15) is 14.0 Å². The summed E-state index contributed by atoms with van der Waals surface area (Å²) in [4.78, 5) is 24.6. The molecule has 0 bridgehead atoms. The van der Waals surface area contributed by atoms with Gasteiger partial charge in [-0.25, -0.2) is 9.18 Å². The summed E-state index contributed by atoms with van der Waals surface area (Å²) in [6, 6.07) is 2.54. The Balaban J connectivity index is 1.80. The molecule has 3 N–H and O–H groups in total. The highest BCUT2D eigenvalue weighted by atomic mass is 19.1. The van der Waals surface area contributed by atoms with Crippen LogP contribution in [0.3, 0.4) is 0 Å². The molecule has 0 unspecified atom stereocenters. The number of methoxy groups -OCH3 is 1. The van der Waals surface area contributed by atoms with Crippen LogP contribution in [0.5, 0.6) is 0 Å². The molecule has 112 valence electrons. The van der Waals surface area contributed by atoms with Gasteiger partial charge in [-0.05, 0) is 6.07 Å². The van der Waals surface area contributed by atoms with Crippen molar-refractivity contribution in [1.29, 1.82) is 0 Å². The van der Waals surface area contributed by atoms with Crippen LogP contribution in [0.1, 0.15) is 16.8 Å². The number of esters is 1. The maximum absolute atomic E-state index is 14.0. The summed E-state index contributed by atoms with van der Waals surface area (Å²) in [5.41, 5.74) is 6.54. The Labute approximate surface area is 121 Å². The maximum Gasteiger partial charge on any atom is 0.340 e. The van der Waals surface area contributed by atoms with Crippen molar-refractivity contribution < 1.29 is 18.7 Å². The number of halogens is 1. The van der Waals surface area contributed by atoms with Crippen molar-refractivity contribution in [1.82, 2.24) is 5.32 Å². The Hall–Kier alpha value is -2.31. The van der Waals surface area contributed by atoms with Gasteiger partial charge in [0.15, 0.2) is 0 Å². The Morgan fingerprint density at radius 1 is 1.48 bits per heavy atom. The van der Waals surface area contributed by atoms with Crippen molar-refractivity contribution in [2.24, 2.45) is 5.41 Å². The average molecular weight is 293 g/mol. The highest BCUT2D eigenvalue weighted by Gasteiger charge is 2.48. The first-order valence-electron chi connectivity index (χ1n) is 6.63. The van der Waals surface area contributed by atoms with Crippen LogP contribution in [0.4, 0.5) is 15.8 Å². The fourth-order valence-corrected chi connectivity index (χ4v) is 3.03. The minimum atomic E-state index is -0.753.